The second-order valence-corrected chi connectivity index (χ2v) is 10.4. The average Bonchev–Trinajstić information content (AvgIpc) is 3.33. The van der Waals surface area contributed by atoms with Crippen LogP contribution in [0.1, 0.15) is 21.7 Å². The predicted octanol–water partition coefficient (Wildman–Crippen LogP) is 2.36. The van der Waals surface area contributed by atoms with Crippen LogP contribution in [0, 0.1) is 11.3 Å². The zero-order valence-corrected chi connectivity index (χ0v) is 20.2. The Morgan fingerprint density at radius 3 is 2.91 bits per heavy atom. The molecule has 0 saturated carbocycles. The van der Waals surface area contributed by atoms with Gasteiger partial charge >= 0.3 is 0 Å². The highest BCUT2D eigenvalue weighted by atomic mass is 35.5. The van der Waals surface area contributed by atoms with Gasteiger partial charge in [-0.25, -0.2) is 27.5 Å². The minimum atomic E-state index is -3.49. The van der Waals surface area contributed by atoms with E-state index in [0.29, 0.717) is 21.8 Å². The van der Waals surface area contributed by atoms with Gasteiger partial charge in [-0.2, -0.15) is 14.7 Å². The van der Waals surface area contributed by atoms with Crippen LogP contribution in [0.4, 0.5) is 10.3 Å². The van der Waals surface area contributed by atoms with Gasteiger partial charge in [-0.1, -0.05) is 17.7 Å². The summed E-state index contributed by atoms with van der Waals surface area (Å²) in [6, 6.07) is 6.38. The summed E-state index contributed by atoms with van der Waals surface area (Å²) in [4.78, 5) is 8.53. The smallest absolute Gasteiger partial charge is 0.223 e. The van der Waals surface area contributed by atoms with E-state index in [4.69, 9.17) is 15.7 Å². The van der Waals surface area contributed by atoms with Gasteiger partial charge in [0, 0.05) is 35.5 Å². The van der Waals surface area contributed by atoms with Gasteiger partial charge in [-0.05, 0) is 31.1 Å². The molecule has 1 aromatic carbocycles. The topological polar surface area (TPSA) is 129 Å². The third-order valence-corrected chi connectivity index (χ3v) is 7.18. The number of nitriles is 1. The molecule has 13 heteroatoms. The Labute approximate surface area is 212 Å². The molecule has 0 aliphatic carbocycles. The molecule has 1 aliphatic rings. The van der Waals surface area contributed by atoms with E-state index in [1.54, 1.807) is 24.4 Å². The van der Waals surface area contributed by atoms with Crippen molar-refractivity contribution in [1.82, 2.24) is 29.4 Å². The summed E-state index contributed by atoms with van der Waals surface area (Å²) in [6.45, 7) is -2.27. The molecule has 0 radical (unpaired) electrons. The monoisotopic (exact) mass is 521 g/mol. The van der Waals surface area contributed by atoms with E-state index >= 15 is 0 Å². The van der Waals surface area contributed by atoms with Crippen molar-refractivity contribution in [3.05, 3.63) is 52.9 Å². The normalized spacial score (nSPS) is 20.5. The van der Waals surface area contributed by atoms with Crippen LogP contribution >= 0.6 is 11.6 Å². The Morgan fingerprint density at radius 2 is 2.23 bits per heavy atom. The third-order valence-electron chi connectivity index (χ3n) is 5.60. The Balaban J connectivity index is 1.53. The summed E-state index contributed by atoms with van der Waals surface area (Å²) in [5.74, 6) is 0.0938. The Kier molecular flexibility index (Phi) is 6.21. The molecule has 184 valence electrons. The molecule has 0 unspecified atom stereocenters. The minimum absolute atomic E-state index is 0.0938. The number of hydrogen-bond donors (Lipinski definition) is 2. The second kappa shape index (κ2) is 10.2. The number of nitrogens with zero attached hydrogens (tertiary/aromatic N) is 6. The number of hydrogen-bond acceptors (Lipinski definition) is 8. The molecule has 0 bridgehead atoms. The lowest BCUT2D eigenvalue weighted by Gasteiger charge is -2.33. The number of halogens is 2. The number of rotatable bonds is 7. The van der Waals surface area contributed by atoms with Crippen molar-refractivity contribution in [1.29, 1.82) is 5.26 Å². The van der Waals surface area contributed by atoms with Crippen molar-refractivity contribution in [2.75, 3.05) is 31.6 Å². The van der Waals surface area contributed by atoms with Crippen molar-refractivity contribution in [3.8, 4) is 23.0 Å². The molecule has 0 spiro atoms. The predicted molar refractivity (Wildman–Crippen MR) is 130 cm³/mol. The summed E-state index contributed by atoms with van der Waals surface area (Å²) in [5, 5.41) is 19.6. The molecular formula is C22H24ClFN8O2S. The summed E-state index contributed by atoms with van der Waals surface area (Å²) in [7, 11) is -3.49. The van der Waals surface area contributed by atoms with Crippen LogP contribution in [0.15, 0.2) is 36.8 Å². The molecular weight excluding hydrogens is 495 g/mol. The zero-order chi connectivity index (χ0) is 27.7. The van der Waals surface area contributed by atoms with E-state index in [2.05, 4.69) is 25.7 Å². The number of nitrogens with one attached hydrogen (secondary N) is 2. The SMILES string of the molecule is [2H]C([2H])([2H])NCc1ccc(-n2cc(-c3nc(N[C@H]4CCN(S(C)(=O)=O)C[C@H]4F)ncc3C#N)cn2)c(Cl)c1. The van der Waals surface area contributed by atoms with Crippen LogP contribution in [0.25, 0.3) is 16.9 Å². The Morgan fingerprint density at radius 1 is 1.40 bits per heavy atom. The van der Waals surface area contributed by atoms with Gasteiger partial charge in [0.25, 0.3) is 0 Å². The van der Waals surface area contributed by atoms with Crippen molar-refractivity contribution in [2.24, 2.45) is 0 Å². The van der Waals surface area contributed by atoms with E-state index < -0.39 is 29.2 Å². The van der Waals surface area contributed by atoms with Crippen LogP contribution in [-0.2, 0) is 16.6 Å². The number of anilines is 1. The lowest BCUT2D eigenvalue weighted by molar-refractivity contribution is 0.186. The molecule has 3 aromatic rings. The molecule has 1 fully saturated rings. The summed E-state index contributed by atoms with van der Waals surface area (Å²) >= 11 is 6.42. The van der Waals surface area contributed by atoms with Gasteiger partial charge in [0.1, 0.15) is 12.2 Å². The first-order chi connectivity index (χ1) is 17.8. The highest BCUT2D eigenvalue weighted by Crippen LogP contribution is 2.27. The molecule has 4 rings (SSSR count). The number of aromatic nitrogens is 4. The van der Waals surface area contributed by atoms with Gasteiger partial charge < -0.3 is 10.6 Å². The molecule has 3 heterocycles. The second-order valence-electron chi connectivity index (χ2n) is 8.06. The molecule has 2 atom stereocenters. The van der Waals surface area contributed by atoms with Crippen LogP contribution in [0.3, 0.4) is 0 Å². The summed E-state index contributed by atoms with van der Waals surface area (Å²) in [5.41, 5.74) is 2.14. The van der Waals surface area contributed by atoms with Crippen molar-refractivity contribution in [2.45, 2.75) is 25.2 Å². The highest BCUT2D eigenvalue weighted by molar-refractivity contribution is 7.88. The molecule has 1 aliphatic heterocycles. The van der Waals surface area contributed by atoms with Crippen LogP contribution in [-0.4, -0.2) is 71.0 Å². The standard InChI is InChI=1S/C22H24ClFN8O2S/c1-26-9-14-3-4-20(17(23)7-14)32-12-16(11-28-32)21-15(8-25)10-27-22(30-21)29-19-5-6-31(13-18(19)24)35(2,33)34/h3-4,7,10-12,18-19,26H,5-6,9,13H2,1-2H3,(H,27,29,30)/t18-,19+/m1/s1/i1D3. The largest absolute Gasteiger partial charge is 0.348 e. The molecule has 2 aromatic heterocycles. The fourth-order valence-corrected chi connectivity index (χ4v) is 4.92. The maximum absolute atomic E-state index is 14.7. The van der Waals surface area contributed by atoms with E-state index in [-0.39, 0.29) is 43.3 Å². The summed E-state index contributed by atoms with van der Waals surface area (Å²) < 4.78 is 62.5. The van der Waals surface area contributed by atoms with Gasteiger partial charge in [0.05, 0.1) is 46.7 Å². The quantitative estimate of drug-likeness (QED) is 0.485. The first-order valence-electron chi connectivity index (χ1n) is 12.1. The fraction of sp³-hybridized carbons (Fsp3) is 0.364. The van der Waals surface area contributed by atoms with E-state index in [1.807, 2.05) is 6.07 Å². The van der Waals surface area contributed by atoms with E-state index in [0.717, 1.165) is 10.6 Å². The average molecular weight is 522 g/mol. The van der Waals surface area contributed by atoms with Crippen LogP contribution in [0.5, 0.6) is 0 Å². The first kappa shape index (κ1) is 21.2. The lowest BCUT2D eigenvalue weighted by Crippen LogP contribution is -2.49. The summed E-state index contributed by atoms with van der Waals surface area (Å²) in [6.07, 6.45) is 4.24. The number of alkyl halides is 1. The minimum Gasteiger partial charge on any atom is -0.348 e. The van der Waals surface area contributed by atoms with Gasteiger partial charge in [0.2, 0.25) is 16.0 Å². The number of piperidine rings is 1. The first-order valence-corrected chi connectivity index (χ1v) is 12.8. The molecule has 10 nitrogen and oxygen atoms in total. The van der Waals surface area contributed by atoms with Crippen molar-refractivity contribution >= 4 is 27.6 Å². The maximum Gasteiger partial charge on any atom is 0.223 e. The third kappa shape index (κ3) is 5.59. The highest BCUT2D eigenvalue weighted by Gasteiger charge is 2.33. The lowest BCUT2D eigenvalue weighted by atomic mass is 10.1. The Hall–Kier alpha value is -3.11. The van der Waals surface area contributed by atoms with E-state index in [9.17, 15) is 18.1 Å². The molecule has 0 amide bonds. The van der Waals surface area contributed by atoms with Gasteiger partial charge in [-0.15, -0.1) is 0 Å². The molecule has 35 heavy (non-hydrogen) atoms. The van der Waals surface area contributed by atoms with Crippen LogP contribution in [0.2, 0.25) is 5.02 Å². The van der Waals surface area contributed by atoms with E-state index in [1.165, 1.54) is 17.1 Å². The van der Waals surface area contributed by atoms with Crippen LogP contribution < -0.4 is 10.6 Å². The fourth-order valence-electron chi connectivity index (χ4n) is 3.78. The number of sulfonamides is 1. The number of benzene rings is 1. The molecule has 2 N–H and O–H groups in total. The zero-order valence-electron chi connectivity index (χ0n) is 21.6. The van der Waals surface area contributed by atoms with Gasteiger partial charge in [-0.3, -0.25) is 0 Å². The van der Waals surface area contributed by atoms with Gasteiger partial charge in [0.15, 0.2) is 0 Å². The maximum atomic E-state index is 14.7. The molecule has 1 saturated heterocycles. The Bertz CT molecular complexity index is 1480. The van der Waals surface area contributed by atoms with Crippen molar-refractivity contribution < 1.29 is 16.9 Å². The van der Waals surface area contributed by atoms with Crippen molar-refractivity contribution in [3.63, 3.8) is 0 Å².